The molecular weight excluding hydrogens is 418 g/mol. The summed E-state index contributed by atoms with van der Waals surface area (Å²) in [5, 5.41) is 19.4. The van der Waals surface area contributed by atoms with Gasteiger partial charge in [0.15, 0.2) is 11.6 Å². The van der Waals surface area contributed by atoms with E-state index in [-0.39, 0.29) is 0 Å². The van der Waals surface area contributed by atoms with Gasteiger partial charge in [-0.05, 0) is 34.6 Å². The molecule has 1 amide bonds. The molecule has 5 N–H and O–H groups in total. The van der Waals surface area contributed by atoms with Crippen molar-refractivity contribution in [1.82, 2.24) is 5.32 Å². The lowest BCUT2D eigenvalue weighted by Gasteiger charge is -2.25. The molecule has 0 saturated carbocycles. The van der Waals surface area contributed by atoms with E-state index < -0.39 is 59.9 Å². The van der Waals surface area contributed by atoms with E-state index in [1.165, 1.54) is 0 Å². The Kier molecular flexibility index (Phi) is 9.81. The number of alkyl halides is 6. The normalized spacial score (nSPS) is 16.5. The van der Waals surface area contributed by atoms with Crippen LogP contribution in [0.25, 0.3) is 0 Å². The molecule has 0 saturated heterocycles. The fourth-order valence-corrected chi connectivity index (χ4v) is 1.15. The minimum atomic E-state index is -5.10. The lowest BCUT2D eigenvalue weighted by Crippen LogP contribution is -2.53. The number of ether oxygens (including phenoxy) is 1. The van der Waals surface area contributed by atoms with Gasteiger partial charge in [0, 0.05) is 0 Å². The van der Waals surface area contributed by atoms with Crippen molar-refractivity contribution >= 4 is 17.7 Å². The van der Waals surface area contributed by atoms with Gasteiger partial charge in [0.25, 0.3) is 0 Å². The molecule has 0 aromatic heterocycles. The zero-order valence-corrected chi connectivity index (χ0v) is 16.3. The van der Waals surface area contributed by atoms with Crippen molar-refractivity contribution in [2.75, 3.05) is 13.1 Å². The molecule has 0 aromatic carbocycles. The molecule has 0 aromatic rings. The average Bonchev–Trinajstić information content (AvgIpc) is 2.48. The number of alkyl carbamates (subject to hydrolysis) is 1. The molecule has 14 heteroatoms. The summed E-state index contributed by atoms with van der Waals surface area (Å²) in [6.45, 7) is 3.57. The third-order valence-electron chi connectivity index (χ3n) is 3.17. The summed E-state index contributed by atoms with van der Waals surface area (Å²) in [5.74, 6) is -3.01. The first kappa shape index (κ1) is 29.3. The first-order valence-corrected chi connectivity index (χ1v) is 7.82. The Morgan fingerprint density at radius 2 is 1.17 bits per heavy atom. The van der Waals surface area contributed by atoms with Crippen LogP contribution in [0.1, 0.15) is 34.6 Å². The highest BCUT2D eigenvalue weighted by atomic mass is 19.4. The number of Topliss-reactive ketones (excluding diaryl/α,β-unsaturated/α-hetero) is 2. The van der Waals surface area contributed by atoms with Crippen LogP contribution in [0.3, 0.4) is 0 Å². The molecule has 8 nitrogen and oxygen atoms in total. The highest BCUT2D eigenvalue weighted by molar-refractivity contribution is 5.91. The van der Waals surface area contributed by atoms with Crippen molar-refractivity contribution in [3.05, 3.63) is 0 Å². The van der Waals surface area contributed by atoms with Crippen LogP contribution in [0.2, 0.25) is 0 Å². The fraction of sp³-hybridized carbons (Fsp3) is 0.800. The largest absolute Gasteiger partial charge is 0.444 e. The lowest BCUT2D eigenvalue weighted by atomic mass is 10.0. The second-order valence-corrected chi connectivity index (χ2v) is 7.05. The molecule has 0 radical (unpaired) electrons. The lowest BCUT2D eigenvalue weighted by molar-refractivity contribution is -0.244. The standard InChI is InChI=1S/C10H16F3NO4.C5H8F3NO2/c1-8(2,3)18-7(16)14-5-6(15)9(4,17)10(11,12)13;1-4(11,3(10)2-9)5(6,7)8/h17H,5H2,1-4H3,(H,14,16);11H,2,9H2,1H3/t9-;4-/m11/s1. The van der Waals surface area contributed by atoms with E-state index in [1.54, 1.807) is 20.8 Å². The van der Waals surface area contributed by atoms with Gasteiger partial charge in [-0.3, -0.25) is 9.59 Å². The number of ketones is 2. The first-order chi connectivity index (χ1) is 12.5. The molecule has 0 heterocycles. The van der Waals surface area contributed by atoms with Gasteiger partial charge in [-0.15, -0.1) is 0 Å². The van der Waals surface area contributed by atoms with Crippen LogP contribution in [-0.4, -0.2) is 70.1 Å². The fourth-order valence-electron chi connectivity index (χ4n) is 1.15. The number of rotatable bonds is 5. The van der Waals surface area contributed by atoms with Gasteiger partial charge in [0.1, 0.15) is 5.60 Å². The van der Waals surface area contributed by atoms with E-state index in [9.17, 15) is 40.7 Å². The number of amides is 1. The van der Waals surface area contributed by atoms with E-state index in [4.69, 9.17) is 14.9 Å². The van der Waals surface area contributed by atoms with E-state index in [2.05, 4.69) is 5.73 Å². The van der Waals surface area contributed by atoms with E-state index in [0.717, 1.165) is 0 Å². The smallest absolute Gasteiger partial charge is 0.424 e. The third-order valence-corrected chi connectivity index (χ3v) is 3.17. The van der Waals surface area contributed by atoms with Gasteiger partial charge < -0.3 is 26.0 Å². The predicted molar refractivity (Wildman–Crippen MR) is 86.7 cm³/mol. The Balaban J connectivity index is 0. The van der Waals surface area contributed by atoms with Crippen molar-refractivity contribution in [2.24, 2.45) is 5.73 Å². The molecule has 0 fully saturated rings. The van der Waals surface area contributed by atoms with Crippen LogP contribution < -0.4 is 11.1 Å². The van der Waals surface area contributed by atoms with Crippen LogP contribution in [0.4, 0.5) is 31.1 Å². The van der Waals surface area contributed by atoms with Crippen LogP contribution in [-0.2, 0) is 14.3 Å². The van der Waals surface area contributed by atoms with Crippen molar-refractivity contribution in [1.29, 1.82) is 0 Å². The van der Waals surface area contributed by atoms with Crippen LogP contribution in [0.5, 0.6) is 0 Å². The summed E-state index contributed by atoms with van der Waals surface area (Å²) in [4.78, 5) is 32.6. The Labute approximate surface area is 162 Å². The van der Waals surface area contributed by atoms with Crippen molar-refractivity contribution in [3.63, 3.8) is 0 Å². The summed E-state index contributed by atoms with van der Waals surface area (Å²) in [5.41, 5.74) is -3.00. The summed E-state index contributed by atoms with van der Waals surface area (Å²) in [6.07, 6.45) is -11.1. The van der Waals surface area contributed by atoms with Crippen molar-refractivity contribution in [2.45, 2.75) is 63.8 Å². The maximum absolute atomic E-state index is 12.3. The summed E-state index contributed by atoms with van der Waals surface area (Å²) in [6, 6.07) is 0. The monoisotopic (exact) mass is 442 g/mol. The van der Waals surface area contributed by atoms with E-state index in [0.29, 0.717) is 13.8 Å². The second kappa shape index (κ2) is 9.71. The number of hydrogen-bond donors (Lipinski definition) is 4. The van der Waals surface area contributed by atoms with Crippen LogP contribution >= 0.6 is 0 Å². The summed E-state index contributed by atoms with van der Waals surface area (Å²) >= 11 is 0. The van der Waals surface area contributed by atoms with Gasteiger partial charge in [-0.1, -0.05) is 0 Å². The number of hydrogen-bond acceptors (Lipinski definition) is 7. The minimum Gasteiger partial charge on any atom is -0.444 e. The molecule has 2 atom stereocenters. The average molecular weight is 442 g/mol. The molecular formula is C15H24F6N2O6. The quantitative estimate of drug-likeness (QED) is 0.470. The molecule has 0 spiro atoms. The number of carbonyl (C=O) groups is 3. The zero-order chi connectivity index (χ0) is 24.1. The Morgan fingerprint density at radius 1 is 0.828 bits per heavy atom. The third kappa shape index (κ3) is 9.41. The van der Waals surface area contributed by atoms with Gasteiger partial charge in [-0.25, -0.2) is 4.79 Å². The Bertz CT molecular complexity index is 594. The van der Waals surface area contributed by atoms with Crippen molar-refractivity contribution in [3.8, 4) is 0 Å². The highest BCUT2D eigenvalue weighted by Crippen LogP contribution is 2.31. The molecule has 0 bridgehead atoms. The van der Waals surface area contributed by atoms with Gasteiger partial charge in [-0.2, -0.15) is 26.3 Å². The number of nitrogens with one attached hydrogen (secondary N) is 1. The molecule has 0 rings (SSSR count). The topological polar surface area (TPSA) is 139 Å². The predicted octanol–water partition coefficient (Wildman–Crippen LogP) is 1.22. The zero-order valence-electron chi connectivity index (χ0n) is 16.3. The van der Waals surface area contributed by atoms with Gasteiger partial charge in [0.2, 0.25) is 11.2 Å². The maximum Gasteiger partial charge on any atom is 0.424 e. The number of halogens is 6. The van der Waals surface area contributed by atoms with Gasteiger partial charge >= 0.3 is 18.4 Å². The highest BCUT2D eigenvalue weighted by Gasteiger charge is 2.55. The SMILES string of the molecule is CC(C)(C)OC(=O)NCC(=O)[C@@](C)(O)C(F)(F)F.C[C@@](O)(C(=O)CN)C(F)(F)F. The maximum atomic E-state index is 12.3. The number of carbonyl (C=O) groups excluding carboxylic acids is 3. The minimum absolute atomic E-state index is 0.326. The Hall–Kier alpha value is -1.93. The molecule has 29 heavy (non-hydrogen) atoms. The molecule has 0 aliphatic carbocycles. The van der Waals surface area contributed by atoms with Crippen LogP contribution in [0.15, 0.2) is 0 Å². The summed E-state index contributed by atoms with van der Waals surface area (Å²) < 4.78 is 76.7. The van der Waals surface area contributed by atoms with E-state index >= 15 is 0 Å². The first-order valence-electron chi connectivity index (χ1n) is 7.82. The molecule has 172 valence electrons. The molecule has 0 aliphatic heterocycles. The molecule has 0 aliphatic rings. The van der Waals surface area contributed by atoms with Gasteiger partial charge in [0.05, 0.1) is 13.1 Å². The van der Waals surface area contributed by atoms with Crippen LogP contribution in [0, 0.1) is 0 Å². The number of aliphatic hydroxyl groups is 2. The van der Waals surface area contributed by atoms with Crippen molar-refractivity contribution < 1.29 is 55.7 Å². The summed E-state index contributed by atoms with van der Waals surface area (Å²) in [7, 11) is 0. The molecule has 0 unspecified atom stereocenters. The van der Waals surface area contributed by atoms with E-state index in [1.807, 2.05) is 5.32 Å². The number of nitrogens with two attached hydrogens (primary N) is 1. The second-order valence-electron chi connectivity index (χ2n) is 7.05. The Morgan fingerprint density at radius 3 is 1.41 bits per heavy atom.